The lowest BCUT2D eigenvalue weighted by atomic mass is 10.1. The molecule has 2 amide bonds. The highest BCUT2D eigenvalue weighted by Gasteiger charge is 2.06. The summed E-state index contributed by atoms with van der Waals surface area (Å²) in [4.78, 5) is 28.0. The molecule has 0 spiro atoms. The zero-order valence-corrected chi connectivity index (χ0v) is 18.6. The Hall–Kier alpha value is -2.47. The number of halogens is 1. The summed E-state index contributed by atoms with van der Waals surface area (Å²) in [5.41, 5.74) is 4.92. The van der Waals surface area contributed by atoms with Gasteiger partial charge in [0.2, 0.25) is 5.91 Å². The van der Waals surface area contributed by atoms with Crippen LogP contribution >= 0.6 is 11.6 Å². The molecule has 0 fully saturated rings. The van der Waals surface area contributed by atoms with Crippen LogP contribution in [0.5, 0.6) is 0 Å². The van der Waals surface area contributed by atoms with E-state index in [2.05, 4.69) is 27.8 Å². The number of benzene rings is 1. The van der Waals surface area contributed by atoms with Crippen LogP contribution in [-0.4, -0.2) is 29.6 Å². The first-order valence-corrected chi connectivity index (χ1v) is 11.0. The number of hydrazone groups is 1. The van der Waals surface area contributed by atoms with Gasteiger partial charge < -0.3 is 5.32 Å². The summed E-state index contributed by atoms with van der Waals surface area (Å²) in [6, 6.07) is 7.78. The van der Waals surface area contributed by atoms with Gasteiger partial charge in [-0.05, 0) is 31.0 Å². The normalized spacial score (nSPS) is 11.2. The van der Waals surface area contributed by atoms with E-state index >= 15 is 0 Å². The summed E-state index contributed by atoms with van der Waals surface area (Å²) in [5.74, 6) is -0.501. The van der Waals surface area contributed by atoms with Gasteiger partial charge in [-0.15, -0.1) is 0 Å². The Morgan fingerprint density at radius 1 is 1.07 bits per heavy atom. The highest BCUT2D eigenvalue weighted by Crippen LogP contribution is 2.20. The standard InChI is InChI=1S/C23H31ClN4O2/c1-3-4-5-6-7-8-9-10-21(29)25-16-22(30)28-26-15-19-14-18-12-11-17(2)13-20(18)27-23(19)24/h11-15H,3-10,16H2,1-2H3,(H,25,29)(H,28,30)/b26-15+. The molecular weight excluding hydrogens is 400 g/mol. The Morgan fingerprint density at radius 3 is 2.57 bits per heavy atom. The van der Waals surface area contributed by atoms with Crippen molar-refractivity contribution < 1.29 is 9.59 Å². The van der Waals surface area contributed by atoms with Crippen molar-refractivity contribution in [2.75, 3.05) is 6.54 Å². The highest BCUT2D eigenvalue weighted by atomic mass is 35.5. The summed E-state index contributed by atoms with van der Waals surface area (Å²) in [7, 11) is 0. The number of unbranched alkanes of at least 4 members (excludes halogenated alkanes) is 6. The number of amides is 2. The van der Waals surface area contributed by atoms with Crippen molar-refractivity contribution in [3.63, 3.8) is 0 Å². The molecule has 0 aliphatic rings. The minimum atomic E-state index is -0.389. The second-order valence-electron chi connectivity index (χ2n) is 7.51. The lowest BCUT2D eigenvalue weighted by Crippen LogP contribution is -2.34. The third-order valence-corrected chi connectivity index (χ3v) is 5.10. The quantitative estimate of drug-likeness (QED) is 0.217. The van der Waals surface area contributed by atoms with Crippen LogP contribution < -0.4 is 10.7 Å². The van der Waals surface area contributed by atoms with Crippen LogP contribution in [0, 0.1) is 6.92 Å². The van der Waals surface area contributed by atoms with Gasteiger partial charge in [0, 0.05) is 17.4 Å². The van der Waals surface area contributed by atoms with E-state index in [1.807, 2.05) is 31.2 Å². The Labute approximate surface area is 183 Å². The minimum absolute atomic E-state index is 0.102. The largest absolute Gasteiger partial charge is 0.347 e. The topological polar surface area (TPSA) is 83.5 Å². The average molecular weight is 431 g/mol. The molecule has 1 aromatic carbocycles. The maximum Gasteiger partial charge on any atom is 0.259 e. The summed E-state index contributed by atoms with van der Waals surface area (Å²) in [6.45, 7) is 4.09. The number of aromatic nitrogens is 1. The molecule has 0 aliphatic carbocycles. The molecule has 1 aromatic heterocycles. The van der Waals surface area contributed by atoms with Crippen LogP contribution in [0.3, 0.4) is 0 Å². The molecule has 0 saturated carbocycles. The fourth-order valence-corrected chi connectivity index (χ4v) is 3.28. The maximum absolute atomic E-state index is 11.9. The van der Waals surface area contributed by atoms with Crippen molar-refractivity contribution in [3.8, 4) is 0 Å². The van der Waals surface area contributed by atoms with E-state index in [1.165, 1.54) is 31.9 Å². The van der Waals surface area contributed by atoms with Gasteiger partial charge in [-0.3, -0.25) is 9.59 Å². The third kappa shape index (κ3) is 8.49. The van der Waals surface area contributed by atoms with Crippen molar-refractivity contribution in [1.29, 1.82) is 0 Å². The number of aryl methyl sites for hydroxylation is 1. The van der Waals surface area contributed by atoms with E-state index in [0.717, 1.165) is 35.7 Å². The predicted octanol–water partition coefficient (Wildman–Crippen LogP) is 4.90. The smallest absolute Gasteiger partial charge is 0.259 e. The summed E-state index contributed by atoms with van der Waals surface area (Å²) < 4.78 is 0. The van der Waals surface area contributed by atoms with Crippen molar-refractivity contribution in [2.24, 2.45) is 5.10 Å². The Kier molecular flexibility index (Phi) is 10.3. The molecule has 0 unspecified atom stereocenters. The third-order valence-electron chi connectivity index (χ3n) is 4.80. The zero-order chi connectivity index (χ0) is 21.8. The Balaban J connectivity index is 1.68. The van der Waals surface area contributed by atoms with Crippen LogP contribution in [-0.2, 0) is 9.59 Å². The number of rotatable bonds is 12. The van der Waals surface area contributed by atoms with E-state index in [0.29, 0.717) is 17.1 Å². The Bertz CT molecular complexity index is 883. The fraction of sp³-hybridized carbons (Fsp3) is 0.478. The first-order chi connectivity index (χ1) is 14.5. The molecule has 162 valence electrons. The second-order valence-corrected chi connectivity index (χ2v) is 7.86. The number of nitrogens with one attached hydrogen (secondary N) is 2. The predicted molar refractivity (Wildman–Crippen MR) is 123 cm³/mol. The van der Waals surface area contributed by atoms with E-state index in [4.69, 9.17) is 11.6 Å². The van der Waals surface area contributed by atoms with Crippen molar-refractivity contribution in [1.82, 2.24) is 15.7 Å². The molecule has 1 heterocycles. The lowest BCUT2D eigenvalue weighted by molar-refractivity contribution is -0.126. The number of hydrogen-bond acceptors (Lipinski definition) is 4. The van der Waals surface area contributed by atoms with Gasteiger partial charge in [0.05, 0.1) is 18.3 Å². The Morgan fingerprint density at radius 2 is 1.80 bits per heavy atom. The summed E-state index contributed by atoms with van der Waals surface area (Å²) >= 11 is 6.20. The zero-order valence-electron chi connectivity index (χ0n) is 17.8. The SMILES string of the molecule is CCCCCCCCCC(=O)NCC(=O)N/N=C/c1cc2ccc(C)cc2nc1Cl. The number of carbonyl (C=O) groups excluding carboxylic acids is 2. The fourth-order valence-electron chi connectivity index (χ4n) is 3.08. The number of pyridine rings is 1. The van der Waals surface area contributed by atoms with E-state index in [-0.39, 0.29) is 18.4 Å². The van der Waals surface area contributed by atoms with Crippen LogP contribution in [0.25, 0.3) is 10.9 Å². The molecule has 2 N–H and O–H groups in total. The van der Waals surface area contributed by atoms with Crippen LogP contribution in [0.15, 0.2) is 29.4 Å². The molecule has 2 aromatic rings. The molecule has 0 bridgehead atoms. The molecule has 7 heteroatoms. The van der Waals surface area contributed by atoms with Crippen LogP contribution in [0.1, 0.15) is 69.4 Å². The van der Waals surface area contributed by atoms with Gasteiger partial charge in [0.25, 0.3) is 5.91 Å². The number of hydrogen-bond donors (Lipinski definition) is 2. The molecular formula is C23H31ClN4O2. The van der Waals surface area contributed by atoms with Crippen LogP contribution in [0.2, 0.25) is 5.15 Å². The first kappa shape index (κ1) is 23.8. The number of nitrogens with zero attached hydrogens (tertiary/aromatic N) is 2. The van der Waals surface area contributed by atoms with Crippen molar-refractivity contribution >= 4 is 40.5 Å². The summed E-state index contributed by atoms with van der Waals surface area (Å²) in [5, 5.41) is 7.79. The van der Waals surface area contributed by atoms with Gasteiger partial charge in [-0.2, -0.15) is 5.10 Å². The van der Waals surface area contributed by atoms with Gasteiger partial charge in [0.15, 0.2) is 0 Å². The summed E-state index contributed by atoms with van der Waals surface area (Å²) in [6.07, 6.45) is 9.97. The monoisotopic (exact) mass is 430 g/mol. The van der Waals surface area contributed by atoms with Gasteiger partial charge in [0.1, 0.15) is 5.15 Å². The minimum Gasteiger partial charge on any atom is -0.347 e. The van der Waals surface area contributed by atoms with Gasteiger partial charge in [-0.1, -0.05) is 69.2 Å². The maximum atomic E-state index is 11.9. The second kappa shape index (κ2) is 13.0. The lowest BCUT2D eigenvalue weighted by Gasteiger charge is -2.05. The van der Waals surface area contributed by atoms with E-state index < -0.39 is 0 Å². The highest BCUT2D eigenvalue weighted by molar-refractivity contribution is 6.32. The first-order valence-electron chi connectivity index (χ1n) is 10.6. The number of carbonyl (C=O) groups is 2. The van der Waals surface area contributed by atoms with Gasteiger partial charge in [-0.25, -0.2) is 10.4 Å². The molecule has 2 rings (SSSR count). The van der Waals surface area contributed by atoms with Crippen molar-refractivity contribution in [3.05, 3.63) is 40.5 Å². The molecule has 30 heavy (non-hydrogen) atoms. The molecule has 0 atom stereocenters. The molecule has 0 radical (unpaired) electrons. The average Bonchev–Trinajstić information content (AvgIpc) is 2.72. The van der Waals surface area contributed by atoms with Gasteiger partial charge >= 0.3 is 0 Å². The number of fused-ring (bicyclic) bond motifs is 1. The molecule has 6 nitrogen and oxygen atoms in total. The van der Waals surface area contributed by atoms with Crippen molar-refractivity contribution in [2.45, 2.75) is 65.2 Å². The molecule has 0 aliphatic heterocycles. The van der Waals surface area contributed by atoms with E-state index in [1.54, 1.807) is 0 Å². The molecule has 0 saturated heterocycles. The van der Waals surface area contributed by atoms with E-state index in [9.17, 15) is 9.59 Å². The van der Waals surface area contributed by atoms with Crippen LogP contribution in [0.4, 0.5) is 0 Å².